The maximum absolute atomic E-state index is 13.6. The normalized spacial score (nSPS) is 27.2. The molecule has 0 bridgehead atoms. The number of rotatable bonds is 5. The van der Waals surface area contributed by atoms with E-state index >= 15 is 0 Å². The summed E-state index contributed by atoms with van der Waals surface area (Å²) in [4.78, 5) is 26.3. The number of nitrogens with zero attached hydrogens (tertiary/aromatic N) is 2. The van der Waals surface area contributed by atoms with Crippen molar-refractivity contribution < 1.29 is 23.1 Å². The van der Waals surface area contributed by atoms with Gasteiger partial charge in [-0.25, -0.2) is 12.7 Å². The molecule has 2 aliphatic heterocycles. The Kier molecular flexibility index (Phi) is 6.41. The van der Waals surface area contributed by atoms with Crippen LogP contribution in [0.25, 0.3) is 0 Å². The Bertz CT molecular complexity index is 884. The van der Waals surface area contributed by atoms with Gasteiger partial charge < -0.3 is 5.11 Å². The van der Waals surface area contributed by atoms with Gasteiger partial charge >= 0.3 is 5.97 Å². The quantitative estimate of drug-likeness (QED) is 0.762. The number of sulfonamides is 1. The van der Waals surface area contributed by atoms with Crippen LogP contribution in [0.2, 0.25) is 0 Å². The number of ketones is 1. The van der Waals surface area contributed by atoms with E-state index in [9.17, 15) is 23.1 Å². The molecule has 2 unspecified atom stereocenters. The number of likely N-dealkylation sites (tertiary alicyclic amines) is 1. The van der Waals surface area contributed by atoms with Crippen LogP contribution in [0.3, 0.4) is 0 Å². The van der Waals surface area contributed by atoms with Gasteiger partial charge in [-0.2, -0.15) is 0 Å². The van der Waals surface area contributed by atoms with Crippen molar-refractivity contribution in [3.63, 3.8) is 0 Å². The highest BCUT2D eigenvalue weighted by molar-refractivity contribution is 7.91. The second kappa shape index (κ2) is 8.40. The van der Waals surface area contributed by atoms with Gasteiger partial charge in [0.05, 0.1) is 0 Å². The average Bonchev–Trinajstić information content (AvgIpc) is 2.68. The molecule has 7 nitrogen and oxygen atoms in total. The minimum Gasteiger partial charge on any atom is -0.480 e. The van der Waals surface area contributed by atoms with Gasteiger partial charge in [-0.3, -0.25) is 14.5 Å². The lowest BCUT2D eigenvalue weighted by molar-refractivity contribution is -0.143. The van der Waals surface area contributed by atoms with Gasteiger partial charge in [0.25, 0.3) is 0 Å². The third-order valence-electron chi connectivity index (χ3n) is 6.50. The van der Waals surface area contributed by atoms with Crippen LogP contribution in [0, 0.1) is 5.41 Å². The van der Waals surface area contributed by atoms with Crippen LogP contribution in [0.5, 0.6) is 0 Å². The molecule has 2 saturated heterocycles. The Morgan fingerprint density at radius 1 is 1.13 bits per heavy atom. The van der Waals surface area contributed by atoms with E-state index in [2.05, 4.69) is 4.90 Å². The summed E-state index contributed by atoms with van der Waals surface area (Å²) in [6.07, 6.45) is 0.371. The zero-order valence-corrected chi connectivity index (χ0v) is 18.8. The van der Waals surface area contributed by atoms with Crippen LogP contribution in [0.15, 0.2) is 30.3 Å². The molecule has 0 saturated carbocycles. The lowest BCUT2D eigenvalue weighted by Gasteiger charge is -2.50. The van der Waals surface area contributed by atoms with Crippen molar-refractivity contribution >= 4 is 21.8 Å². The summed E-state index contributed by atoms with van der Waals surface area (Å²) < 4.78 is 26.5. The SMILES string of the molecule is CC(C)(C)C1CC(C(=O)O)(S(=O)(=O)N2CCC(=O)CC2)CCN1Cc1ccccc1. The molecule has 3 rings (SSSR count). The fourth-order valence-corrected chi connectivity index (χ4v) is 6.74. The number of carboxylic acid groups (broad SMARTS) is 1. The number of aliphatic carboxylic acids is 1. The van der Waals surface area contributed by atoms with Gasteiger partial charge in [0.1, 0.15) is 5.78 Å². The van der Waals surface area contributed by atoms with Gasteiger partial charge in [0.2, 0.25) is 10.0 Å². The Morgan fingerprint density at radius 3 is 2.27 bits per heavy atom. The smallest absolute Gasteiger partial charge is 0.326 e. The fourth-order valence-electron chi connectivity index (χ4n) is 4.65. The Labute approximate surface area is 179 Å². The summed E-state index contributed by atoms with van der Waals surface area (Å²) in [6.45, 7) is 7.26. The van der Waals surface area contributed by atoms with E-state index in [1.165, 1.54) is 4.31 Å². The van der Waals surface area contributed by atoms with E-state index in [-0.39, 0.29) is 56.0 Å². The van der Waals surface area contributed by atoms with E-state index in [1.54, 1.807) is 0 Å². The summed E-state index contributed by atoms with van der Waals surface area (Å²) in [5.41, 5.74) is 0.815. The molecule has 2 atom stereocenters. The highest BCUT2D eigenvalue weighted by atomic mass is 32.2. The van der Waals surface area contributed by atoms with Gasteiger partial charge in [-0.1, -0.05) is 51.1 Å². The van der Waals surface area contributed by atoms with Crippen LogP contribution >= 0.6 is 0 Å². The van der Waals surface area contributed by atoms with E-state index in [4.69, 9.17) is 0 Å². The number of benzene rings is 1. The Hall–Kier alpha value is -1.77. The van der Waals surface area contributed by atoms with Crippen molar-refractivity contribution in [2.24, 2.45) is 5.41 Å². The molecule has 2 fully saturated rings. The molecule has 0 radical (unpaired) electrons. The van der Waals surface area contributed by atoms with Crippen molar-refractivity contribution in [3.05, 3.63) is 35.9 Å². The van der Waals surface area contributed by atoms with Crippen LogP contribution in [-0.4, -0.2) is 64.9 Å². The lowest BCUT2D eigenvalue weighted by Crippen LogP contribution is -2.63. The first kappa shape index (κ1) is 22.9. The predicted molar refractivity (Wildman–Crippen MR) is 114 cm³/mol. The molecule has 166 valence electrons. The molecule has 0 aromatic heterocycles. The first-order chi connectivity index (χ1) is 14.0. The summed E-state index contributed by atoms with van der Waals surface area (Å²) in [7, 11) is -4.10. The Balaban J connectivity index is 1.93. The summed E-state index contributed by atoms with van der Waals surface area (Å²) >= 11 is 0. The zero-order chi connectivity index (χ0) is 22.2. The molecule has 2 aliphatic rings. The molecule has 0 amide bonds. The maximum Gasteiger partial charge on any atom is 0.326 e. The number of carbonyl (C=O) groups excluding carboxylic acids is 1. The van der Waals surface area contributed by atoms with Gasteiger partial charge in [0.15, 0.2) is 4.75 Å². The molecule has 2 heterocycles. The summed E-state index contributed by atoms with van der Waals surface area (Å²) in [6, 6.07) is 9.72. The highest BCUT2D eigenvalue weighted by Gasteiger charge is 2.58. The van der Waals surface area contributed by atoms with Crippen LogP contribution in [-0.2, 0) is 26.2 Å². The van der Waals surface area contributed by atoms with Crippen molar-refractivity contribution in [2.75, 3.05) is 19.6 Å². The van der Waals surface area contributed by atoms with Crippen molar-refractivity contribution in [1.29, 1.82) is 0 Å². The topological polar surface area (TPSA) is 95.0 Å². The molecule has 1 N–H and O–H groups in total. The largest absolute Gasteiger partial charge is 0.480 e. The Morgan fingerprint density at radius 2 is 1.73 bits per heavy atom. The number of carboxylic acids is 1. The first-order valence-corrected chi connectivity index (χ1v) is 11.9. The minimum absolute atomic E-state index is 0.0241. The van der Waals surface area contributed by atoms with Gasteiger partial charge in [0, 0.05) is 45.1 Å². The zero-order valence-electron chi connectivity index (χ0n) is 18.0. The molecular formula is C22H32N2O5S. The summed E-state index contributed by atoms with van der Waals surface area (Å²) in [5.74, 6) is -1.26. The second-order valence-corrected chi connectivity index (χ2v) is 11.8. The van der Waals surface area contributed by atoms with E-state index in [0.717, 1.165) is 5.56 Å². The highest BCUT2D eigenvalue weighted by Crippen LogP contribution is 2.43. The van der Waals surface area contributed by atoms with Crippen molar-refractivity contribution in [3.8, 4) is 0 Å². The van der Waals surface area contributed by atoms with E-state index < -0.39 is 20.7 Å². The van der Waals surface area contributed by atoms with Crippen molar-refractivity contribution in [1.82, 2.24) is 9.21 Å². The van der Waals surface area contributed by atoms with Gasteiger partial charge in [-0.15, -0.1) is 0 Å². The van der Waals surface area contributed by atoms with Crippen LogP contribution < -0.4 is 0 Å². The summed E-state index contributed by atoms with van der Waals surface area (Å²) in [5, 5.41) is 10.2. The van der Waals surface area contributed by atoms with Crippen LogP contribution in [0.1, 0.15) is 52.0 Å². The standard InChI is InChI=1S/C22H32N2O5S/c1-21(2,3)19-15-22(20(26)27,30(28,29)24-12-9-18(25)10-13-24)11-14-23(19)16-17-7-5-4-6-8-17/h4-8,19H,9-16H2,1-3H3,(H,26,27). The van der Waals surface area contributed by atoms with Crippen LogP contribution in [0.4, 0.5) is 0 Å². The molecule has 1 aromatic carbocycles. The van der Waals surface area contributed by atoms with Crippen molar-refractivity contribution in [2.45, 2.75) is 63.8 Å². The number of carbonyl (C=O) groups is 2. The molecule has 8 heteroatoms. The van der Waals surface area contributed by atoms with E-state index in [1.807, 2.05) is 51.1 Å². The molecule has 0 aliphatic carbocycles. The number of piperidine rings is 2. The third kappa shape index (κ3) is 4.31. The number of Topliss-reactive ketones (excluding diaryl/α,β-unsaturated/α-hetero) is 1. The maximum atomic E-state index is 13.6. The molecule has 0 spiro atoms. The van der Waals surface area contributed by atoms with E-state index in [0.29, 0.717) is 13.1 Å². The molecular weight excluding hydrogens is 404 g/mol. The molecule has 30 heavy (non-hydrogen) atoms. The first-order valence-electron chi connectivity index (χ1n) is 10.5. The number of hydrogen-bond acceptors (Lipinski definition) is 5. The van der Waals surface area contributed by atoms with Gasteiger partial charge in [-0.05, 0) is 23.8 Å². The predicted octanol–water partition coefficient (Wildman–Crippen LogP) is 2.52. The fraction of sp³-hybridized carbons (Fsp3) is 0.636. The minimum atomic E-state index is -4.10. The lowest BCUT2D eigenvalue weighted by atomic mass is 9.76. The monoisotopic (exact) mass is 436 g/mol. The number of hydrogen-bond donors (Lipinski definition) is 1. The average molecular weight is 437 g/mol. The molecule has 1 aromatic rings. The third-order valence-corrected chi connectivity index (χ3v) is 9.08. The second-order valence-electron chi connectivity index (χ2n) is 9.53.